The van der Waals surface area contributed by atoms with Crippen LogP contribution in [0.25, 0.3) is 11.0 Å². The summed E-state index contributed by atoms with van der Waals surface area (Å²) >= 11 is 8.33. The molecule has 1 aliphatic carbocycles. The number of imidazole rings is 1. The fraction of sp³-hybridized carbons (Fsp3) is 0.533. The summed E-state index contributed by atoms with van der Waals surface area (Å²) < 4.78 is 2.39. The maximum Gasteiger partial charge on any atom is 0.201 e. The van der Waals surface area contributed by atoms with Crippen LogP contribution in [0.3, 0.4) is 0 Å². The Balaban J connectivity index is 2.03. The van der Waals surface area contributed by atoms with Gasteiger partial charge in [-0.15, -0.1) is 0 Å². The van der Waals surface area contributed by atoms with E-state index in [-0.39, 0.29) is 4.75 Å². The molecule has 1 aromatic heterocycles. The van der Waals surface area contributed by atoms with Crippen LogP contribution in [0.15, 0.2) is 18.2 Å². The van der Waals surface area contributed by atoms with E-state index in [2.05, 4.69) is 15.8 Å². The lowest BCUT2D eigenvalue weighted by atomic mass is 9.88. The second-order valence-corrected chi connectivity index (χ2v) is 7.29. The van der Waals surface area contributed by atoms with Gasteiger partial charge in [0.25, 0.3) is 0 Å². The molecule has 1 saturated carbocycles. The average Bonchev–Trinajstić information content (AvgIpc) is 2.77. The van der Waals surface area contributed by atoms with E-state index in [1.807, 2.05) is 30.0 Å². The lowest BCUT2D eigenvalue weighted by Crippen LogP contribution is -2.33. The lowest BCUT2D eigenvalue weighted by Gasteiger charge is -2.36. The first kappa shape index (κ1) is 14.1. The summed E-state index contributed by atoms with van der Waals surface area (Å²) in [5.74, 6) is 0.576. The Bertz CT molecular complexity index is 617. The molecular weight excluding hydrogens is 290 g/mol. The summed E-state index contributed by atoms with van der Waals surface area (Å²) in [4.78, 5) is 4.45. The second kappa shape index (κ2) is 5.49. The molecule has 1 fully saturated rings. The zero-order valence-electron chi connectivity index (χ0n) is 11.7. The lowest BCUT2D eigenvalue weighted by molar-refractivity contribution is 0.363. The molecule has 0 spiro atoms. The van der Waals surface area contributed by atoms with Crippen molar-refractivity contribution in [2.24, 2.45) is 0 Å². The number of nitrogens with zero attached hydrogens (tertiary/aromatic N) is 2. The largest absolute Gasteiger partial charge is 0.369 e. The van der Waals surface area contributed by atoms with Crippen LogP contribution in [0.2, 0.25) is 5.02 Å². The SMILES string of the molecule is CSC1(Cn2c(N)nc3cccc(Cl)c32)CCCCC1. The van der Waals surface area contributed by atoms with Crippen molar-refractivity contribution >= 4 is 40.3 Å². The molecule has 20 heavy (non-hydrogen) atoms. The molecule has 2 aromatic rings. The summed E-state index contributed by atoms with van der Waals surface area (Å²) in [5.41, 5.74) is 8.01. The molecule has 3 nitrogen and oxygen atoms in total. The number of benzene rings is 1. The maximum absolute atomic E-state index is 6.36. The van der Waals surface area contributed by atoms with Gasteiger partial charge < -0.3 is 10.3 Å². The van der Waals surface area contributed by atoms with E-state index in [4.69, 9.17) is 17.3 Å². The topological polar surface area (TPSA) is 43.8 Å². The van der Waals surface area contributed by atoms with Gasteiger partial charge in [-0.25, -0.2) is 4.98 Å². The van der Waals surface area contributed by atoms with Crippen molar-refractivity contribution in [1.82, 2.24) is 9.55 Å². The van der Waals surface area contributed by atoms with Gasteiger partial charge in [0.15, 0.2) is 0 Å². The quantitative estimate of drug-likeness (QED) is 0.917. The summed E-state index contributed by atoms with van der Waals surface area (Å²) in [7, 11) is 0. The molecule has 108 valence electrons. The third kappa shape index (κ3) is 2.40. The van der Waals surface area contributed by atoms with Crippen molar-refractivity contribution in [3.05, 3.63) is 23.2 Å². The van der Waals surface area contributed by atoms with Gasteiger partial charge >= 0.3 is 0 Å². The van der Waals surface area contributed by atoms with Gasteiger partial charge in [0.1, 0.15) is 0 Å². The van der Waals surface area contributed by atoms with Gasteiger partial charge in [0, 0.05) is 11.3 Å². The van der Waals surface area contributed by atoms with Crippen LogP contribution in [-0.2, 0) is 6.54 Å². The van der Waals surface area contributed by atoms with Gasteiger partial charge in [-0.1, -0.05) is 36.9 Å². The smallest absolute Gasteiger partial charge is 0.201 e. The summed E-state index contributed by atoms with van der Waals surface area (Å²) in [6, 6.07) is 5.81. The molecule has 3 rings (SSSR count). The number of rotatable bonds is 3. The van der Waals surface area contributed by atoms with Crippen LogP contribution in [0.1, 0.15) is 32.1 Å². The van der Waals surface area contributed by atoms with E-state index >= 15 is 0 Å². The summed E-state index contributed by atoms with van der Waals surface area (Å²) in [6.07, 6.45) is 8.67. The number of anilines is 1. The molecule has 0 atom stereocenters. The highest BCUT2D eigenvalue weighted by Crippen LogP contribution is 2.41. The third-order valence-corrected chi connectivity index (χ3v) is 6.10. The molecule has 0 aliphatic heterocycles. The van der Waals surface area contributed by atoms with Gasteiger partial charge in [-0.05, 0) is 31.2 Å². The van der Waals surface area contributed by atoms with Crippen LogP contribution in [-0.4, -0.2) is 20.6 Å². The van der Waals surface area contributed by atoms with E-state index in [0.717, 1.165) is 22.6 Å². The molecule has 5 heteroatoms. The van der Waals surface area contributed by atoms with Crippen molar-refractivity contribution in [2.75, 3.05) is 12.0 Å². The Morgan fingerprint density at radius 3 is 2.80 bits per heavy atom. The Morgan fingerprint density at radius 1 is 1.35 bits per heavy atom. The highest BCUT2D eigenvalue weighted by atomic mass is 35.5. The van der Waals surface area contributed by atoms with Gasteiger partial charge in [0.05, 0.1) is 16.1 Å². The predicted octanol–water partition coefficient (Wildman–Crippen LogP) is 4.34. The minimum absolute atomic E-state index is 0.277. The highest BCUT2D eigenvalue weighted by molar-refractivity contribution is 8.00. The van der Waals surface area contributed by atoms with Gasteiger partial charge in [-0.2, -0.15) is 11.8 Å². The van der Waals surface area contributed by atoms with Crippen LogP contribution in [0, 0.1) is 0 Å². The first-order valence-electron chi connectivity index (χ1n) is 7.11. The molecule has 0 unspecified atom stereocenters. The molecule has 0 bridgehead atoms. The number of hydrogen-bond acceptors (Lipinski definition) is 3. The van der Waals surface area contributed by atoms with Crippen molar-refractivity contribution in [1.29, 1.82) is 0 Å². The Labute approximate surface area is 128 Å². The van der Waals surface area contributed by atoms with Crippen LogP contribution < -0.4 is 5.73 Å². The van der Waals surface area contributed by atoms with Crippen LogP contribution >= 0.6 is 23.4 Å². The van der Waals surface area contributed by atoms with E-state index in [1.165, 1.54) is 32.1 Å². The first-order chi connectivity index (χ1) is 9.65. The second-order valence-electron chi connectivity index (χ2n) is 5.61. The summed E-state index contributed by atoms with van der Waals surface area (Å²) in [5, 5.41) is 0.735. The van der Waals surface area contributed by atoms with E-state index in [1.54, 1.807) is 0 Å². The van der Waals surface area contributed by atoms with Crippen molar-refractivity contribution in [3.8, 4) is 0 Å². The van der Waals surface area contributed by atoms with E-state index in [0.29, 0.717) is 5.95 Å². The number of hydrogen-bond donors (Lipinski definition) is 1. The van der Waals surface area contributed by atoms with Crippen LogP contribution in [0.5, 0.6) is 0 Å². The van der Waals surface area contributed by atoms with E-state index in [9.17, 15) is 0 Å². The number of thioether (sulfide) groups is 1. The van der Waals surface area contributed by atoms with Crippen molar-refractivity contribution in [2.45, 2.75) is 43.4 Å². The summed E-state index contributed by atoms with van der Waals surface area (Å²) in [6.45, 7) is 0.903. The van der Waals surface area contributed by atoms with Crippen molar-refractivity contribution in [3.63, 3.8) is 0 Å². The third-order valence-electron chi connectivity index (χ3n) is 4.39. The van der Waals surface area contributed by atoms with Gasteiger partial charge in [0.2, 0.25) is 5.95 Å². The zero-order chi connectivity index (χ0) is 14.2. The molecular formula is C15H20ClN3S. The Morgan fingerprint density at radius 2 is 2.10 bits per heavy atom. The zero-order valence-corrected chi connectivity index (χ0v) is 13.3. The maximum atomic E-state index is 6.36. The van der Waals surface area contributed by atoms with Gasteiger partial charge in [-0.3, -0.25) is 0 Å². The Kier molecular flexibility index (Phi) is 3.87. The highest BCUT2D eigenvalue weighted by Gasteiger charge is 2.32. The fourth-order valence-corrected chi connectivity index (χ4v) is 4.46. The number of halogens is 1. The van der Waals surface area contributed by atoms with Crippen molar-refractivity contribution < 1.29 is 0 Å². The molecule has 1 aromatic carbocycles. The first-order valence-corrected chi connectivity index (χ1v) is 8.71. The predicted molar refractivity (Wildman–Crippen MR) is 88.5 cm³/mol. The standard InChI is InChI=1S/C15H20ClN3S/c1-20-15(8-3-2-4-9-15)10-19-13-11(16)6-5-7-12(13)18-14(19)17/h5-7H,2-4,8-10H2,1H3,(H2,17,18). The molecule has 1 aliphatic rings. The number of fused-ring (bicyclic) bond motifs is 1. The average molecular weight is 310 g/mol. The number of nitrogens with two attached hydrogens (primary N) is 1. The normalized spacial score (nSPS) is 18.5. The monoisotopic (exact) mass is 309 g/mol. The number of nitrogen functional groups attached to an aromatic ring is 1. The van der Waals surface area contributed by atoms with Crippen LogP contribution in [0.4, 0.5) is 5.95 Å². The number of aromatic nitrogens is 2. The minimum Gasteiger partial charge on any atom is -0.369 e. The number of para-hydroxylation sites is 1. The minimum atomic E-state index is 0.277. The fourth-order valence-electron chi connectivity index (χ4n) is 3.23. The molecule has 0 radical (unpaired) electrons. The molecule has 1 heterocycles. The molecule has 0 amide bonds. The molecule has 0 saturated heterocycles. The Hall–Kier alpha value is -0.870. The molecule has 2 N–H and O–H groups in total. The van der Waals surface area contributed by atoms with E-state index < -0.39 is 0 Å².